The molecule has 0 aliphatic rings. The maximum atomic E-state index is 12.3. The first-order valence-corrected chi connectivity index (χ1v) is 8.42. The second-order valence-electron chi connectivity index (χ2n) is 6.34. The molecule has 2 aromatic carbocycles. The van der Waals surface area contributed by atoms with Crippen LogP contribution in [0.1, 0.15) is 15.9 Å². The number of hydrogen-bond donors (Lipinski definition) is 2. The maximum Gasteiger partial charge on any atom is 0.271 e. The summed E-state index contributed by atoms with van der Waals surface area (Å²) < 4.78 is 1.77. The van der Waals surface area contributed by atoms with Gasteiger partial charge in [0.1, 0.15) is 6.54 Å². The second kappa shape index (κ2) is 7.74. The van der Waals surface area contributed by atoms with Crippen molar-refractivity contribution in [2.45, 2.75) is 6.54 Å². The van der Waals surface area contributed by atoms with E-state index >= 15 is 0 Å². The van der Waals surface area contributed by atoms with Crippen molar-refractivity contribution in [3.63, 3.8) is 0 Å². The van der Waals surface area contributed by atoms with E-state index in [1.807, 2.05) is 55.4 Å². The van der Waals surface area contributed by atoms with Gasteiger partial charge in [-0.15, -0.1) is 0 Å². The van der Waals surface area contributed by atoms with Gasteiger partial charge in [-0.3, -0.25) is 9.59 Å². The lowest BCUT2D eigenvalue weighted by molar-refractivity contribution is -0.118. The van der Waals surface area contributed by atoms with Gasteiger partial charge in [0.15, 0.2) is 0 Å². The lowest BCUT2D eigenvalue weighted by Gasteiger charge is -2.12. The molecule has 3 rings (SSSR count). The fourth-order valence-corrected chi connectivity index (χ4v) is 2.83. The number of anilines is 1. The van der Waals surface area contributed by atoms with Gasteiger partial charge in [-0.2, -0.15) is 5.10 Å². The van der Waals surface area contributed by atoms with E-state index < -0.39 is 5.91 Å². The highest BCUT2D eigenvalue weighted by Crippen LogP contribution is 2.20. The Balaban J connectivity index is 1.79. The Bertz CT molecular complexity index is 1020. The summed E-state index contributed by atoms with van der Waals surface area (Å²) in [6.07, 6.45) is 3.35. The van der Waals surface area contributed by atoms with E-state index in [-0.39, 0.29) is 12.5 Å². The standard InChI is InChI=1S/C20H21N5O2/c1-24(2)16-7-5-6-14(10-16)20(27)23-22-11-15-12-25(13-19(21)26)18-9-4-3-8-17(15)18/h3-12H,13H2,1-2H3,(H2,21,26)(H,23,27). The summed E-state index contributed by atoms with van der Waals surface area (Å²) in [6.45, 7) is 0.0814. The van der Waals surface area contributed by atoms with E-state index in [0.29, 0.717) is 5.56 Å². The van der Waals surface area contributed by atoms with Crippen LogP contribution >= 0.6 is 0 Å². The van der Waals surface area contributed by atoms with E-state index in [4.69, 9.17) is 5.73 Å². The predicted octanol–water partition coefficient (Wildman–Crippen LogP) is 1.96. The summed E-state index contributed by atoms with van der Waals surface area (Å²) in [5, 5.41) is 4.99. The molecule has 0 saturated heterocycles. The molecular weight excluding hydrogens is 342 g/mol. The molecule has 2 amide bonds. The van der Waals surface area contributed by atoms with Crippen molar-refractivity contribution in [3.05, 3.63) is 65.9 Å². The van der Waals surface area contributed by atoms with Crippen molar-refractivity contribution < 1.29 is 9.59 Å². The summed E-state index contributed by atoms with van der Waals surface area (Å²) in [6, 6.07) is 14.9. The molecule has 27 heavy (non-hydrogen) atoms. The number of primary amides is 1. The third-order valence-corrected chi connectivity index (χ3v) is 4.14. The number of para-hydroxylation sites is 1. The molecule has 0 spiro atoms. The number of nitrogens with two attached hydrogens (primary N) is 1. The number of hydrogen-bond acceptors (Lipinski definition) is 4. The summed E-state index contributed by atoms with van der Waals surface area (Å²) in [5.74, 6) is -0.718. The van der Waals surface area contributed by atoms with Crippen molar-refractivity contribution in [1.29, 1.82) is 0 Å². The van der Waals surface area contributed by atoms with Gasteiger partial charge in [0.2, 0.25) is 5.91 Å². The minimum atomic E-state index is -0.423. The van der Waals surface area contributed by atoms with Gasteiger partial charge in [-0.25, -0.2) is 5.43 Å². The normalized spacial score (nSPS) is 11.0. The highest BCUT2D eigenvalue weighted by Gasteiger charge is 2.09. The molecule has 0 aliphatic carbocycles. The van der Waals surface area contributed by atoms with Crippen molar-refractivity contribution in [2.24, 2.45) is 10.8 Å². The smallest absolute Gasteiger partial charge is 0.271 e. The molecule has 7 heteroatoms. The van der Waals surface area contributed by atoms with Crippen LogP contribution in [-0.2, 0) is 11.3 Å². The Labute approximate surface area is 157 Å². The molecular formula is C20H21N5O2. The number of carbonyl (C=O) groups excluding carboxylic acids is 2. The van der Waals surface area contributed by atoms with Gasteiger partial charge >= 0.3 is 0 Å². The van der Waals surface area contributed by atoms with Gasteiger partial charge in [-0.05, 0) is 24.3 Å². The molecule has 7 nitrogen and oxygen atoms in total. The Morgan fingerprint density at radius 3 is 2.70 bits per heavy atom. The average Bonchev–Trinajstić information content (AvgIpc) is 2.99. The summed E-state index contributed by atoms with van der Waals surface area (Å²) in [5.41, 5.74) is 11.0. The van der Waals surface area contributed by atoms with Crippen molar-refractivity contribution in [3.8, 4) is 0 Å². The molecule has 3 N–H and O–H groups in total. The molecule has 0 aliphatic heterocycles. The second-order valence-corrected chi connectivity index (χ2v) is 6.34. The molecule has 0 saturated carbocycles. The first kappa shape index (κ1) is 18.2. The average molecular weight is 363 g/mol. The Morgan fingerprint density at radius 1 is 1.19 bits per heavy atom. The van der Waals surface area contributed by atoms with Crippen LogP contribution in [0, 0.1) is 0 Å². The van der Waals surface area contributed by atoms with Crippen LogP contribution in [0.3, 0.4) is 0 Å². The van der Waals surface area contributed by atoms with Gasteiger partial charge in [0, 0.05) is 48.0 Å². The van der Waals surface area contributed by atoms with E-state index in [1.54, 1.807) is 29.1 Å². The number of rotatable bonds is 6. The molecule has 0 radical (unpaired) electrons. The Kier molecular flexibility index (Phi) is 5.21. The summed E-state index contributed by atoms with van der Waals surface area (Å²) in [4.78, 5) is 25.5. The minimum absolute atomic E-state index is 0.0814. The van der Waals surface area contributed by atoms with Gasteiger partial charge < -0.3 is 15.2 Å². The number of fused-ring (bicyclic) bond motifs is 1. The first-order chi connectivity index (χ1) is 13.0. The molecule has 0 fully saturated rings. The topological polar surface area (TPSA) is 92.7 Å². The number of carbonyl (C=O) groups is 2. The highest BCUT2D eigenvalue weighted by molar-refractivity contribution is 6.01. The van der Waals surface area contributed by atoms with Gasteiger partial charge in [0.05, 0.1) is 6.21 Å². The van der Waals surface area contributed by atoms with Crippen LogP contribution in [0.2, 0.25) is 0 Å². The van der Waals surface area contributed by atoms with Crippen molar-refractivity contribution >= 4 is 34.6 Å². The molecule has 1 heterocycles. The fourth-order valence-electron chi connectivity index (χ4n) is 2.83. The van der Waals surface area contributed by atoms with E-state index in [0.717, 1.165) is 22.2 Å². The molecule has 1 aromatic heterocycles. The number of aromatic nitrogens is 1. The number of nitrogens with one attached hydrogen (secondary N) is 1. The molecule has 0 unspecified atom stereocenters. The molecule has 3 aromatic rings. The van der Waals surface area contributed by atoms with Gasteiger partial charge in [0.25, 0.3) is 5.91 Å². The van der Waals surface area contributed by atoms with Crippen LogP contribution in [0.5, 0.6) is 0 Å². The van der Waals surface area contributed by atoms with Crippen molar-refractivity contribution in [1.82, 2.24) is 9.99 Å². The van der Waals surface area contributed by atoms with Crippen LogP contribution in [0.15, 0.2) is 59.8 Å². The number of hydrazone groups is 1. The van der Waals surface area contributed by atoms with Crippen LogP contribution in [0.4, 0.5) is 5.69 Å². The molecule has 138 valence electrons. The third-order valence-electron chi connectivity index (χ3n) is 4.14. The number of benzene rings is 2. The third kappa shape index (κ3) is 4.14. The van der Waals surface area contributed by atoms with Crippen LogP contribution in [0.25, 0.3) is 10.9 Å². The van der Waals surface area contributed by atoms with Crippen molar-refractivity contribution in [2.75, 3.05) is 19.0 Å². The number of amides is 2. The monoisotopic (exact) mass is 363 g/mol. The van der Waals surface area contributed by atoms with Crippen LogP contribution in [-0.4, -0.2) is 36.7 Å². The van der Waals surface area contributed by atoms with Crippen LogP contribution < -0.4 is 16.1 Å². The quantitative estimate of drug-likeness (QED) is 0.518. The van der Waals surface area contributed by atoms with E-state index in [2.05, 4.69) is 10.5 Å². The van der Waals surface area contributed by atoms with Gasteiger partial charge in [-0.1, -0.05) is 24.3 Å². The predicted molar refractivity (Wildman–Crippen MR) is 107 cm³/mol. The SMILES string of the molecule is CN(C)c1cccc(C(=O)NN=Cc2cn(CC(N)=O)c3ccccc23)c1. The first-order valence-electron chi connectivity index (χ1n) is 8.42. The summed E-state index contributed by atoms with van der Waals surface area (Å²) in [7, 11) is 3.83. The fraction of sp³-hybridized carbons (Fsp3) is 0.150. The lowest BCUT2D eigenvalue weighted by atomic mass is 10.2. The largest absolute Gasteiger partial charge is 0.378 e. The Hall–Kier alpha value is -3.61. The lowest BCUT2D eigenvalue weighted by Crippen LogP contribution is -2.18. The van der Waals surface area contributed by atoms with E-state index in [1.165, 1.54) is 0 Å². The zero-order valence-electron chi connectivity index (χ0n) is 15.2. The maximum absolute atomic E-state index is 12.3. The molecule has 0 bridgehead atoms. The Morgan fingerprint density at radius 2 is 1.96 bits per heavy atom. The minimum Gasteiger partial charge on any atom is -0.378 e. The zero-order valence-corrected chi connectivity index (χ0v) is 15.2. The number of nitrogens with zero attached hydrogens (tertiary/aromatic N) is 3. The zero-order chi connectivity index (χ0) is 19.4. The highest BCUT2D eigenvalue weighted by atomic mass is 16.2. The summed E-state index contributed by atoms with van der Waals surface area (Å²) >= 11 is 0. The van der Waals surface area contributed by atoms with E-state index in [9.17, 15) is 9.59 Å². The molecule has 0 atom stereocenters.